The molecule has 8 heteroatoms. The Morgan fingerprint density at radius 1 is 1.50 bits per heavy atom. The minimum Gasteiger partial charge on any atom is -0.479 e. The van der Waals surface area contributed by atoms with Crippen molar-refractivity contribution in [1.82, 2.24) is 4.98 Å². The molecule has 24 heavy (non-hydrogen) atoms. The van der Waals surface area contributed by atoms with Crippen LogP contribution in [-0.4, -0.2) is 29.4 Å². The Bertz CT molecular complexity index is 803. The number of hydrogen-bond donors (Lipinski definition) is 3. The molecular weight excluding hydrogens is 328 g/mol. The van der Waals surface area contributed by atoms with E-state index in [9.17, 15) is 9.59 Å². The lowest BCUT2D eigenvalue weighted by atomic mass is 10.1. The number of aryl methyl sites for hydroxylation is 1. The normalized spacial score (nSPS) is 16.1. The maximum absolute atomic E-state index is 11.8. The van der Waals surface area contributed by atoms with Crippen LogP contribution in [0.25, 0.3) is 11.3 Å². The quantitative estimate of drug-likeness (QED) is 0.786. The average molecular weight is 346 g/mol. The Kier molecular flexibility index (Phi) is 4.50. The maximum atomic E-state index is 11.8. The van der Waals surface area contributed by atoms with E-state index in [1.807, 2.05) is 25.1 Å². The number of nitrogens with zero attached hydrogens (tertiary/aromatic N) is 1. The zero-order valence-electron chi connectivity index (χ0n) is 13.4. The van der Waals surface area contributed by atoms with Gasteiger partial charge in [-0.15, -0.1) is 11.3 Å². The third-order valence-corrected chi connectivity index (χ3v) is 4.48. The minimum absolute atomic E-state index is 0.155. The van der Waals surface area contributed by atoms with E-state index in [0.29, 0.717) is 23.1 Å². The minimum atomic E-state index is -0.506. The van der Waals surface area contributed by atoms with Gasteiger partial charge in [0.1, 0.15) is 5.75 Å². The number of rotatable bonds is 4. The number of ether oxygens (including phenoxy) is 1. The van der Waals surface area contributed by atoms with Gasteiger partial charge in [0.25, 0.3) is 5.91 Å². The van der Waals surface area contributed by atoms with Gasteiger partial charge in [0.2, 0.25) is 5.91 Å². The van der Waals surface area contributed by atoms with Crippen LogP contribution in [0.1, 0.15) is 18.2 Å². The summed E-state index contributed by atoms with van der Waals surface area (Å²) in [7, 11) is 0. The number of nitrogens with two attached hydrogens (primary N) is 1. The second kappa shape index (κ2) is 6.58. The molecule has 2 amide bonds. The first kappa shape index (κ1) is 16.4. The largest absolute Gasteiger partial charge is 0.479 e. The number of amides is 2. The topological polar surface area (TPSA) is 106 Å². The molecule has 0 bridgehead atoms. The van der Waals surface area contributed by atoms with Gasteiger partial charge in [-0.2, -0.15) is 0 Å². The Labute approximate surface area is 143 Å². The lowest BCUT2D eigenvalue weighted by Gasteiger charge is -2.23. The molecule has 3 rings (SSSR count). The molecule has 1 atom stereocenters. The van der Waals surface area contributed by atoms with Gasteiger partial charge < -0.3 is 21.1 Å². The summed E-state index contributed by atoms with van der Waals surface area (Å²) in [5.74, 6) is 0.303. The molecule has 0 fully saturated rings. The molecule has 1 aliphatic rings. The molecular formula is C16H18N4O3S. The number of hydrogen-bond acceptors (Lipinski definition) is 6. The van der Waals surface area contributed by atoms with E-state index in [1.165, 1.54) is 11.3 Å². The lowest BCUT2D eigenvalue weighted by molar-refractivity contribution is -0.122. The molecule has 2 aromatic rings. The molecule has 0 saturated heterocycles. The third kappa shape index (κ3) is 3.24. The van der Waals surface area contributed by atoms with Crippen molar-refractivity contribution >= 4 is 34.0 Å². The summed E-state index contributed by atoms with van der Waals surface area (Å²) in [6.07, 6.45) is -0.248. The SMILES string of the molecule is Cc1sc(NC(=O)CCN)nc1-c1ccc2c(c1)NC(=O)C(C)O2. The zero-order chi connectivity index (χ0) is 17.3. The second-order valence-electron chi connectivity index (χ2n) is 5.47. The van der Waals surface area contributed by atoms with Gasteiger partial charge in [0.15, 0.2) is 11.2 Å². The van der Waals surface area contributed by atoms with Crippen molar-refractivity contribution in [3.05, 3.63) is 23.1 Å². The van der Waals surface area contributed by atoms with Gasteiger partial charge in [-0.3, -0.25) is 9.59 Å². The molecule has 1 unspecified atom stereocenters. The van der Waals surface area contributed by atoms with Crippen LogP contribution in [0.15, 0.2) is 18.2 Å². The summed E-state index contributed by atoms with van der Waals surface area (Å²) in [6, 6.07) is 5.52. The van der Waals surface area contributed by atoms with Crippen molar-refractivity contribution in [2.45, 2.75) is 26.4 Å². The Morgan fingerprint density at radius 3 is 3.04 bits per heavy atom. The van der Waals surface area contributed by atoms with Gasteiger partial charge in [-0.25, -0.2) is 4.98 Å². The Balaban J connectivity index is 1.87. The van der Waals surface area contributed by atoms with E-state index in [0.717, 1.165) is 16.1 Å². The van der Waals surface area contributed by atoms with Gasteiger partial charge in [-0.1, -0.05) is 0 Å². The predicted octanol–water partition coefficient (Wildman–Crippen LogP) is 2.13. The highest BCUT2D eigenvalue weighted by Crippen LogP contribution is 2.36. The number of benzene rings is 1. The van der Waals surface area contributed by atoms with Crippen LogP contribution < -0.4 is 21.1 Å². The third-order valence-electron chi connectivity index (χ3n) is 3.60. The molecule has 0 radical (unpaired) electrons. The molecule has 0 saturated carbocycles. The van der Waals surface area contributed by atoms with E-state index in [4.69, 9.17) is 10.5 Å². The summed E-state index contributed by atoms with van der Waals surface area (Å²) in [4.78, 5) is 28.8. The fraction of sp³-hybridized carbons (Fsp3) is 0.312. The zero-order valence-corrected chi connectivity index (χ0v) is 14.2. The highest BCUT2D eigenvalue weighted by atomic mass is 32.1. The van der Waals surface area contributed by atoms with Crippen LogP contribution in [-0.2, 0) is 9.59 Å². The van der Waals surface area contributed by atoms with Crippen molar-refractivity contribution in [1.29, 1.82) is 0 Å². The molecule has 1 aliphatic heterocycles. The summed E-state index contributed by atoms with van der Waals surface area (Å²) in [5, 5.41) is 6.10. The van der Waals surface area contributed by atoms with E-state index in [2.05, 4.69) is 15.6 Å². The summed E-state index contributed by atoms with van der Waals surface area (Å²) < 4.78 is 5.55. The molecule has 1 aromatic heterocycles. The van der Waals surface area contributed by atoms with Crippen molar-refractivity contribution in [3.63, 3.8) is 0 Å². The second-order valence-corrected chi connectivity index (χ2v) is 6.67. The van der Waals surface area contributed by atoms with Gasteiger partial charge in [0.05, 0.1) is 11.4 Å². The molecule has 0 spiro atoms. The number of aromatic nitrogens is 1. The van der Waals surface area contributed by atoms with Crippen molar-refractivity contribution in [2.75, 3.05) is 17.2 Å². The van der Waals surface area contributed by atoms with Crippen LogP contribution in [0.2, 0.25) is 0 Å². The van der Waals surface area contributed by atoms with Crippen LogP contribution >= 0.6 is 11.3 Å². The number of fused-ring (bicyclic) bond motifs is 1. The first-order chi connectivity index (χ1) is 11.5. The van der Waals surface area contributed by atoms with E-state index < -0.39 is 6.10 Å². The summed E-state index contributed by atoms with van der Waals surface area (Å²) >= 11 is 1.40. The first-order valence-corrected chi connectivity index (χ1v) is 8.39. The summed E-state index contributed by atoms with van der Waals surface area (Å²) in [5.41, 5.74) is 7.60. The standard InChI is InChI=1S/C16H18N4O3S/c1-8-15(22)18-11-7-10(3-4-12(11)23-8)14-9(2)24-16(20-14)19-13(21)5-6-17/h3-4,7-8H,5-6,17H2,1-2H3,(H,18,22)(H,19,20,21). The van der Waals surface area contributed by atoms with Crippen LogP contribution in [0.4, 0.5) is 10.8 Å². The Hall–Kier alpha value is -2.45. The number of thiazole rings is 1. The summed E-state index contributed by atoms with van der Waals surface area (Å²) in [6.45, 7) is 3.93. The molecule has 1 aromatic carbocycles. The number of anilines is 2. The van der Waals surface area contributed by atoms with Gasteiger partial charge in [-0.05, 0) is 32.0 Å². The fourth-order valence-electron chi connectivity index (χ4n) is 2.39. The number of carbonyl (C=O) groups excluding carboxylic acids is 2. The average Bonchev–Trinajstić information content (AvgIpc) is 2.88. The smallest absolute Gasteiger partial charge is 0.265 e. The highest BCUT2D eigenvalue weighted by Gasteiger charge is 2.24. The Morgan fingerprint density at radius 2 is 2.29 bits per heavy atom. The van der Waals surface area contributed by atoms with Crippen molar-refractivity contribution in [2.24, 2.45) is 5.73 Å². The first-order valence-electron chi connectivity index (χ1n) is 7.57. The van der Waals surface area contributed by atoms with E-state index in [-0.39, 0.29) is 18.2 Å². The molecule has 0 aliphatic carbocycles. The van der Waals surface area contributed by atoms with Crippen LogP contribution in [0, 0.1) is 6.92 Å². The van der Waals surface area contributed by atoms with Crippen LogP contribution in [0.3, 0.4) is 0 Å². The maximum Gasteiger partial charge on any atom is 0.265 e. The lowest BCUT2D eigenvalue weighted by Crippen LogP contribution is -2.34. The highest BCUT2D eigenvalue weighted by molar-refractivity contribution is 7.16. The van der Waals surface area contributed by atoms with Gasteiger partial charge in [0, 0.05) is 23.4 Å². The molecule has 2 heterocycles. The number of carbonyl (C=O) groups is 2. The fourth-order valence-corrected chi connectivity index (χ4v) is 3.24. The molecule has 7 nitrogen and oxygen atoms in total. The van der Waals surface area contributed by atoms with Gasteiger partial charge >= 0.3 is 0 Å². The van der Waals surface area contributed by atoms with Crippen LogP contribution in [0.5, 0.6) is 5.75 Å². The van der Waals surface area contributed by atoms with Crippen molar-refractivity contribution < 1.29 is 14.3 Å². The predicted molar refractivity (Wildman–Crippen MR) is 93.3 cm³/mol. The van der Waals surface area contributed by atoms with Crippen molar-refractivity contribution in [3.8, 4) is 17.0 Å². The molecule has 4 N–H and O–H groups in total. The monoisotopic (exact) mass is 346 g/mol. The number of nitrogens with one attached hydrogen (secondary N) is 2. The van der Waals surface area contributed by atoms with E-state index in [1.54, 1.807) is 6.92 Å². The molecule has 126 valence electrons. The van der Waals surface area contributed by atoms with E-state index >= 15 is 0 Å².